The predicted octanol–water partition coefficient (Wildman–Crippen LogP) is 3.66. The fourth-order valence-electron chi connectivity index (χ4n) is 1.84. The van der Waals surface area contributed by atoms with Crippen LogP contribution in [0.25, 0.3) is 0 Å². The van der Waals surface area contributed by atoms with E-state index in [4.69, 9.17) is 4.98 Å². The van der Waals surface area contributed by atoms with Crippen molar-refractivity contribution in [1.29, 1.82) is 0 Å². The molecule has 0 bridgehead atoms. The molecule has 2 heteroatoms. The van der Waals surface area contributed by atoms with Crippen molar-refractivity contribution < 1.29 is 0 Å². The molecule has 2 heterocycles. The zero-order valence-electron chi connectivity index (χ0n) is 10.8. The molecule has 16 heavy (non-hydrogen) atoms. The Morgan fingerprint density at radius 1 is 1.19 bits per heavy atom. The lowest BCUT2D eigenvalue weighted by Gasteiger charge is -2.18. The summed E-state index contributed by atoms with van der Waals surface area (Å²) in [6.45, 7) is 11.0. The molecule has 1 aliphatic heterocycles. The van der Waals surface area contributed by atoms with Crippen LogP contribution in [0.1, 0.15) is 46.0 Å². The largest absolute Gasteiger partial charge is 0.255 e. The minimum atomic E-state index is 0.121. The van der Waals surface area contributed by atoms with Crippen LogP contribution in [0.3, 0.4) is 0 Å². The molecule has 0 spiro atoms. The van der Waals surface area contributed by atoms with Crippen LogP contribution in [-0.4, -0.2) is 10.7 Å². The third-order valence-corrected chi connectivity index (χ3v) is 3.00. The van der Waals surface area contributed by atoms with Crippen LogP contribution in [0, 0.1) is 5.92 Å². The van der Waals surface area contributed by atoms with Gasteiger partial charge in [-0.3, -0.25) is 9.98 Å². The highest BCUT2D eigenvalue weighted by molar-refractivity contribution is 5.94. The van der Waals surface area contributed by atoms with Crippen LogP contribution >= 0.6 is 0 Å². The van der Waals surface area contributed by atoms with Crippen LogP contribution in [0.4, 0.5) is 5.69 Å². The molecule has 0 saturated carbocycles. The van der Waals surface area contributed by atoms with E-state index in [9.17, 15) is 0 Å². The number of fused-ring (bicyclic) bond motifs is 1. The second-order valence-corrected chi connectivity index (χ2v) is 5.85. The molecule has 0 aromatic carbocycles. The summed E-state index contributed by atoms with van der Waals surface area (Å²) >= 11 is 0. The first-order valence-electron chi connectivity index (χ1n) is 5.96. The molecule has 0 radical (unpaired) electrons. The van der Waals surface area contributed by atoms with Gasteiger partial charge >= 0.3 is 0 Å². The van der Waals surface area contributed by atoms with Gasteiger partial charge in [0.05, 0.1) is 11.4 Å². The van der Waals surface area contributed by atoms with Gasteiger partial charge in [-0.1, -0.05) is 34.6 Å². The van der Waals surface area contributed by atoms with E-state index >= 15 is 0 Å². The quantitative estimate of drug-likeness (QED) is 0.703. The lowest BCUT2D eigenvalue weighted by atomic mass is 9.91. The Morgan fingerprint density at radius 2 is 1.88 bits per heavy atom. The number of nitrogens with zero attached hydrogens (tertiary/aromatic N) is 2. The minimum Gasteiger partial charge on any atom is -0.255 e. The van der Waals surface area contributed by atoms with E-state index in [1.54, 1.807) is 0 Å². The molecule has 0 atom stereocenters. The minimum absolute atomic E-state index is 0.121. The molecule has 1 aromatic heterocycles. The molecule has 0 unspecified atom stereocenters. The smallest absolute Gasteiger partial charge is 0.0848 e. The first-order chi connectivity index (χ1) is 7.38. The summed E-state index contributed by atoms with van der Waals surface area (Å²) in [5.74, 6) is 0.521. The van der Waals surface area contributed by atoms with Crippen LogP contribution < -0.4 is 0 Å². The Kier molecular flexibility index (Phi) is 2.61. The number of hydrogen-bond donors (Lipinski definition) is 0. The SMILES string of the molecule is CC(C)C1=Nc2ccc(C(C)(C)C)nc2C1. The van der Waals surface area contributed by atoms with Crippen molar-refractivity contribution in [2.45, 2.75) is 46.5 Å². The van der Waals surface area contributed by atoms with Crippen LogP contribution in [0.15, 0.2) is 17.1 Å². The molecular formula is C14H20N2. The summed E-state index contributed by atoms with van der Waals surface area (Å²) in [7, 11) is 0. The van der Waals surface area contributed by atoms with Crippen molar-refractivity contribution in [3.63, 3.8) is 0 Å². The molecule has 0 aliphatic carbocycles. The van der Waals surface area contributed by atoms with E-state index in [0.717, 1.165) is 23.5 Å². The van der Waals surface area contributed by atoms with Gasteiger partial charge in [-0.2, -0.15) is 0 Å². The fraction of sp³-hybridized carbons (Fsp3) is 0.571. The average Bonchev–Trinajstić information content (AvgIpc) is 2.58. The summed E-state index contributed by atoms with van der Waals surface area (Å²) < 4.78 is 0. The van der Waals surface area contributed by atoms with Crippen molar-refractivity contribution >= 4 is 11.4 Å². The van der Waals surface area contributed by atoms with Gasteiger partial charge in [0.25, 0.3) is 0 Å². The topological polar surface area (TPSA) is 25.2 Å². The van der Waals surface area contributed by atoms with Gasteiger partial charge in [-0.15, -0.1) is 0 Å². The first kappa shape index (κ1) is 11.3. The van der Waals surface area contributed by atoms with Gasteiger partial charge in [-0.25, -0.2) is 0 Å². The van der Waals surface area contributed by atoms with Gasteiger partial charge < -0.3 is 0 Å². The normalized spacial score (nSPS) is 15.2. The molecule has 0 N–H and O–H groups in total. The van der Waals surface area contributed by atoms with Crippen LogP contribution in [0.5, 0.6) is 0 Å². The first-order valence-corrected chi connectivity index (χ1v) is 5.96. The number of aromatic nitrogens is 1. The number of aliphatic imine (C=N–C) groups is 1. The fourth-order valence-corrected chi connectivity index (χ4v) is 1.84. The van der Waals surface area contributed by atoms with E-state index in [0.29, 0.717) is 5.92 Å². The van der Waals surface area contributed by atoms with E-state index < -0.39 is 0 Å². The van der Waals surface area contributed by atoms with E-state index in [1.807, 2.05) is 0 Å². The van der Waals surface area contributed by atoms with Crippen molar-refractivity contribution in [2.75, 3.05) is 0 Å². The Hall–Kier alpha value is -1.18. The second kappa shape index (κ2) is 3.69. The summed E-state index contributed by atoms with van der Waals surface area (Å²) in [5, 5.41) is 0. The zero-order chi connectivity index (χ0) is 11.9. The van der Waals surface area contributed by atoms with Crippen molar-refractivity contribution in [3.8, 4) is 0 Å². The molecular weight excluding hydrogens is 196 g/mol. The molecule has 0 saturated heterocycles. The zero-order valence-corrected chi connectivity index (χ0v) is 10.8. The van der Waals surface area contributed by atoms with Gasteiger partial charge in [0, 0.05) is 23.2 Å². The highest BCUT2D eigenvalue weighted by atomic mass is 14.9. The molecule has 1 aliphatic rings. The maximum atomic E-state index is 4.74. The van der Waals surface area contributed by atoms with Crippen molar-refractivity contribution in [3.05, 3.63) is 23.5 Å². The highest BCUT2D eigenvalue weighted by Crippen LogP contribution is 2.30. The second-order valence-electron chi connectivity index (χ2n) is 5.85. The van der Waals surface area contributed by atoms with E-state index in [2.05, 4.69) is 51.7 Å². The summed E-state index contributed by atoms with van der Waals surface area (Å²) in [6, 6.07) is 4.21. The predicted molar refractivity (Wildman–Crippen MR) is 68.6 cm³/mol. The monoisotopic (exact) mass is 216 g/mol. The standard InChI is InChI=1S/C14H20N2/c1-9(2)11-8-12-10(15-11)6-7-13(16-12)14(3,4)5/h6-7,9H,8H2,1-5H3. The van der Waals surface area contributed by atoms with E-state index in [-0.39, 0.29) is 5.41 Å². The highest BCUT2D eigenvalue weighted by Gasteiger charge is 2.22. The van der Waals surface area contributed by atoms with Gasteiger partial charge in [-0.05, 0) is 18.1 Å². The maximum absolute atomic E-state index is 4.74. The molecule has 2 nitrogen and oxygen atoms in total. The molecule has 0 fully saturated rings. The Balaban J connectivity index is 2.34. The third kappa shape index (κ3) is 2.01. The lowest BCUT2D eigenvalue weighted by molar-refractivity contribution is 0.567. The summed E-state index contributed by atoms with van der Waals surface area (Å²) in [5.41, 5.74) is 4.75. The van der Waals surface area contributed by atoms with Gasteiger partial charge in [0.2, 0.25) is 0 Å². The molecule has 86 valence electrons. The molecule has 1 aromatic rings. The average molecular weight is 216 g/mol. The van der Waals surface area contributed by atoms with Crippen LogP contribution in [0.2, 0.25) is 0 Å². The van der Waals surface area contributed by atoms with Crippen molar-refractivity contribution in [1.82, 2.24) is 4.98 Å². The van der Waals surface area contributed by atoms with Gasteiger partial charge in [0.1, 0.15) is 0 Å². The van der Waals surface area contributed by atoms with Crippen LogP contribution in [-0.2, 0) is 11.8 Å². The number of rotatable bonds is 1. The Bertz CT molecular complexity index is 437. The molecule has 0 amide bonds. The van der Waals surface area contributed by atoms with Gasteiger partial charge in [0.15, 0.2) is 0 Å². The number of pyridine rings is 1. The molecule has 2 rings (SSSR count). The summed E-state index contributed by atoms with van der Waals surface area (Å²) in [6.07, 6.45) is 0.928. The Morgan fingerprint density at radius 3 is 2.44 bits per heavy atom. The van der Waals surface area contributed by atoms with Crippen molar-refractivity contribution in [2.24, 2.45) is 10.9 Å². The lowest BCUT2D eigenvalue weighted by Crippen LogP contribution is -2.14. The van der Waals surface area contributed by atoms with E-state index in [1.165, 1.54) is 5.71 Å². The third-order valence-electron chi connectivity index (χ3n) is 3.00. The maximum Gasteiger partial charge on any atom is 0.0848 e. The number of hydrogen-bond acceptors (Lipinski definition) is 2. The Labute approximate surface area is 97.8 Å². The summed E-state index contributed by atoms with van der Waals surface area (Å²) in [4.78, 5) is 9.37.